The molecule has 1 aliphatic rings. The summed E-state index contributed by atoms with van der Waals surface area (Å²) in [6.45, 7) is 2.32. The minimum absolute atomic E-state index is 0.134. The zero-order chi connectivity index (χ0) is 12.4. The van der Waals surface area contributed by atoms with E-state index in [-0.39, 0.29) is 18.6 Å². The lowest BCUT2D eigenvalue weighted by molar-refractivity contribution is -0.129. The Kier molecular flexibility index (Phi) is 3.22. The van der Waals surface area contributed by atoms with Crippen molar-refractivity contribution in [2.24, 2.45) is 0 Å². The summed E-state index contributed by atoms with van der Waals surface area (Å²) < 4.78 is 10.6. The van der Waals surface area contributed by atoms with Crippen LogP contribution in [0.5, 0.6) is 11.5 Å². The molecule has 0 bridgehead atoms. The molecule has 0 aromatic heterocycles. The van der Waals surface area contributed by atoms with Crippen molar-refractivity contribution in [1.82, 2.24) is 4.90 Å². The van der Waals surface area contributed by atoms with Crippen LogP contribution < -0.4 is 9.47 Å². The van der Waals surface area contributed by atoms with Gasteiger partial charge in [0.15, 0.2) is 11.5 Å². The molecule has 0 radical (unpaired) electrons. The van der Waals surface area contributed by atoms with Crippen molar-refractivity contribution in [2.75, 3.05) is 20.9 Å². The van der Waals surface area contributed by atoms with Crippen LogP contribution in [0.1, 0.15) is 24.8 Å². The normalized spacial score (nSPS) is 14.5. The van der Waals surface area contributed by atoms with Crippen LogP contribution in [0.15, 0.2) is 18.2 Å². The van der Waals surface area contributed by atoms with E-state index in [1.165, 1.54) is 0 Å². The number of fused-ring (bicyclic) bond motifs is 1. The van der Waals surface area contributed by atoms with Crippen molar-refractivity contribution in [3.8, 4) is 11.5 Å². The predicted octanol–water partition coefficient (Wildman–Crippen LogP) is 2.00. The van der Waals surface area contributed by atoms with E-state index < -0.39 is 0 Å². The van der Waals surface area contributed by atoms with E-state index in [9.17, 15) is 4.79 Å². The molecule has 92 valence electrons. The highest BCUT2D eigenvalue weighted by Crippen LogP contribution is 2.35. The predicted molar refractivity (Wildman–Crippen MR) is 64.3 cm³/mol. The van der Waals surface area contributed by atoms with E-state index in [1.807, 2.05) is 25.1 Å². The zero-order valence-electron chi connectivity index (χ0n) is 10.4. The molecule has 0 saturated carbocycles. The van der Waals surface area contributed by atoms with E-state index in [4.69, 9.17) is 9.47 Å². The molecule has 4 heteroatoms. The molecule has 0 aliphatic carbocycles. The number of hydrogen-bond acceptors (Lipinski definition) is 3. The van der Waals surface area contributed by atoms with Gasteiger partial charge >= 0.3 is 0 Å². The van der Waals surface area contributed by atoms with Crippen LogP contribution >= 0.6 is 0 Å². The maximum absolute atomic E-state index is 11.6. The molecule has 1 aromatic carbocycles. The lowest BCUT2D eigenvalue weighted by Gasteiger charge is -2.15. The van der Waals surface area contributed by atoms with E-state index in [2.05, 4.69) is 0 Å². The standard InChI is InChI=1S/C13H17NO3/c1-9(6-13(15)14(2)3)10-4-5-11-12(7-10)17-8-16-11/h4-5,7,9H,6,8H2,1-3H3/t9-/m1/s1. The van der Waals surface area contributed by atoms with Gasteiger partial charge in [0.2, 0.25) is 12.7 Å². The highest BCUT2D eigenvalue weighted by molar-refractivity contribution is 5.76. The SMILES string of the molecule is C[C@H](CC(=O)N(C)C)c1ccc2c(c1)OCO2. The summed E-state index contributed by atoms with van der Waals surface area (Å²) in [6, 6.07) is 5.84. The number of carbonyl (C=O) groups excluding carboxylic acids is 1. The van der Waals surface area contributed by atoms with Crippen LogP contribution in [0.25, 0.3) is 0 Å². The maximum Gasteiger partial charge on any atom is 0.231 e. The third-order valence-electron chi connectivity index (χ3n) is 2.95. The van der Waals surface area contributed by atoms with Crippen molar-refractivity contribution in [2.45, 2.75) is 19.3 Å². The molecular weight excluding hydrogens is 218 g/mol. The molecule has 0 unspecified atom stereocenters. The van der Waals surface area contributed by atoms with Gasteiger partial charge in [-0.2, -0.15) is 0 Å². The summed E-state index contributed by atoms with van der Waals surface area (Å²) in [4.78, 5) is 13.2. The van der Waals surface area contributed by atoms with Crippen molar-refractivity contribution >= 4 is 5.91 Å². The Labute approximate surface area is 101 Å². The molecule has 4 nitrogen and oxygen atoms in total. The molecule has 1 atom stereocenters. The quantitative estimate of drug-likeness (QED) is 0.804. The van der Waals surface area contributed by atoms with Crippen molar-refractivity contribution < 1.29 is 14.3 Å². The lowest BCUT2D eigenvalue weighted by Crippen LogP contribution is -2.22. The average molecular weight is 235 g/mol. The number of rotatable bonds is 3. The summed E-state index contributed by atoms with van der Waals surface area (Å²) in [5.41, 5.74) is 1.10. The fraction of sp³-hybridized carbons (Fsp3) is 0.462. The zero-order valence-corrected chi connectivity index (χ0v) is 10.4. The fourth-order valence-electron chi connectivity index (χ4n) is 1.78. The topological polar surface area (TPSA) is 38.8 Å². The van der Waals surface area contributed by atoms with Crippen molar-refractivity contribution in [3.05, 3.63) is 23.8 Å². The average Bonchev–Trinajstić information content (AvgIpc) is 2.75. The summed E-state index contributed by atoms with van der Waals surface area (Å²) in [7, 11) is 3.55. The van der Waals surface area contributed by atoms with Gasteiger partial charge in [-0.25, -0.2) is 0 Å². The van der Waals surface area contributed by atoms with Crippen molar-refractivity contribution in [3.63, 3.8) is 0 Å². The first-order chi connectivity index (χ1) is 8.08. The third-order valence-corrected chi connectivity index (χ3v) is 2.95. The molecular formula is C13H17NO3. The summed E-state index contributed by atoms with van der Waals surface area (Å²) in [6.07, 6.45) is 0.507. The number of amides is 1. The molecule has 2 rings (SSSR count). The molecule has 0 N–H and O–H groups in total. The first-order valence-corrected chi connectivity index (χ1v) is 5.67. The largest absolute Gasteiger partial charge is 0.454 e. The fourth-order valence-corrected chi connectivity index (χ4v) is 1.78. The van der Waals surface area contributed by atoms with Gasteiger partial charge < -0.3 is 14.4 Å². The van der Waals surface area contributed by atoms with Crippen LogP contribution in [0, 0.1) is 0 Å². The minimum atomic E-state index is 0.134. The van der Waals surface area contributed by atoms with Crippen LogP contribution in [-0.2, 0) is 4.79 Å². The first-order valence-electron chi connectivity index (χ1n) is 5.67. The Morgan fingerprint density at radius 3 is 2.76 bits per heavy atom. The molecule has 0 saturated heterocycles. The van der Waals surface area contributed by atoms with Crippen LogP contribution in [0.2, 0.25) is 0 Å². The Morgan fingerprint density at radius 2 is 2.06 bits per heavy atom. The van der Waals surface area contributed by atoms with Crippen molar-refractivity contribution in [1.29, 1.82) is 0 Å². The van der Waals surface area contributed by atoms with Gasteiger partial charge in [-0.15, -0.1) is 0 Å². The molecule has 1 amide bonds. The number of ether oxygens (including phenoxy) is 2. The van der Waals surface area contributed by atoms with Gasteiger partial charge in [0.05, 0.1) is 0 Å². The molecule has 17 heavy (non-hydrogen) atoms. The second kappa shape index (κ2) is 4.65. The van der Waals surface area contributed by atoms with E-state index >= 15 is 0 Å². The monoisotopic (exact) mass is 235 g/mol. The van der Waals surface area contributed by atoms with E-state index in [1.54, 1.807) is 19.0 Å². The van der Waals surface area contributed by atoms with Gasteiger partial charge in [0.25, 0.3) is 0 Å². The first kappa shape index (κ1) is 11.8. The lowest BCUT2D eigenvalue weighted by atomic mass is 9.97. The van der Waals surface area contributed by atoms with Gasteiger partial charge in [-0.3, -0.25) is 4.79 Å². The molecule has 1 aromatic rings. The van der Waals surface area contributed by atoms with E-state index in [0.717, 1.165) is 17.1 Å². The number of hydrogen-bond donors (Lipinski definition) is 0. The second-order valence-corrected chi connectivity index (χ2v) is 4.51. The molecule has 1 heterocycles. The highest BCUT2D eigenvalue weighted by Gasteiger charge is 2.17. The summed E-state index contributed by atoms with van der Waals surface area (Å²) in [5, 5.41) is 0. The maximum atomic E-state index is 11.6. The van der Waals surface area contributed by atoms with Crippen LogP contribution in [0.4, 0.5) is 0 Å². The number of benzene rings is 1. The van der Waals surface area contributed by atoms with Crippen LogP contribution in [0.3, 0.4) is 0 Å². The van der Waals surface area contributed by atoms with E-state index in [0.29, 0.717) is 6.42 Å². The summed E-state index contributed by atoms with van der Waals surface area (Å²) in [5.74, 6) is 1.86. The Hall–Kier alpha value is -1.71. The molecule has 0 fully saturated rings. The van der Waals surface area contributed by atoms with Gasteiger partial charge in [-0.1, -0.05) is 13.0 Å². The van der Waals surface area contributed by atoms with Gasteiger partial charge in [0.1, 0.15) is 0 Å². The van der Waals surface area contributed by atoms with Gasteiger partial charge in [-0.05, 0) is 23.6 Å². The molecule has 1 aliphatic heterocycles. The Balaban J connectivity index is 2.09. The Morgan fingerprint density at radius 1 is 1.35 bits per heavy atom. The third kappa shape index (κ3) is 2.52. The molecule has 0 spiro atoms. The Bertz CT molecular complexity index is 429. The van der Waals surface area contributed by atoms with Crippen LogP contribution in [-0.4, -0.2) is 31.7 Å². The smallest absolute Gasteiger partial charge is 0.231 e. The number of carbonyl (C=O) groups is 1. The number of nitrogens with zero attached hydrogens (tertiary/aromatic N) is 1. The van der Waals surface area contributed by atoms with Gasteiger partial charge in [0, 0.05) is 20.5 Å². The second-order valence-electron chi connectivity index (χ2n) is 4.51. The summed E-state index contributed by atoms with van der Waals surface area (Å²) >= 11 is 0. The highest BCUT2D eigenvalue weighted by atomic mass is 16.7. The minimum Gasteiger partial charge on any atom is -0.454 e.